The molecule has 33 heavy (non-hydrogen) atoms. The zero-order valence-corrected chi connectivity index (χ0v) is 18.5. The lowest BCUT2D eigenvalue weighted by Gasteiger charge is -2.10. The highest BCUT2D eigenvalue weighted by atomic mass is 16.6. The van der Waals surface area contributed by atoms with E-state index in [0.717, 1.165) is 22.6 Å². The van der Waals surface area contributed by atoms with E-state index in [-0.39, 0.29) is 6.61 Å². The van der Waals surface area contributed by atoms with Gasteiger partial charge in [0.15, 0.2) is 6.61 Å². The predicted molar refractivity (Wildman–Crippen MR) is 127 cm³/mol. The molecule has 4 aromatic rings. The fourth-order valence-electron chi connectivity index (χ4n) is 3.24. The van der Waals surface area contributed by atoms with Crippen LogP contribution in [0.3, 0.4) is 0 Å². The summed E-state index contributed by atoms with van der Waals surface area (Å²) in [6, 6.07) is 29.4. The molecule has 166 valence electrons. The third kappa shape index (κ3) is 6.61. The molecule has 0 saturated carbocycles. The van der Waals surface area contributed by atoms with Gasteiger partial charge in [0.1, 0.15) is 34.5 Å². The number of carbonyl (C=O) groups excluding carboxylic acids is 1. The minimum Gasteiger partial charge on any atom is -0.482 e. The van der Waals surface area contributed by atoms with Gasteiger partial charge >= 0.3 is 5.97 Å². The Morgan fingerprint density at radius 1 is 0.576 bits per heavy atom. The first-order chi connectivity index (χ1) is 16.0. The lowest BCUT2D eigenvalue weighted by molar-refractivity contribution is -0.136. The van der Waals surface area contributed by atoms with Crippen molar-refractivity contribution in [2.75, 3.05) is 6.61 Å². The number of aryl methyl sites for hydroxylation is 2. The summed E-state index contributed by atoms with van der Waals surface area (Å²) in [6.45, 7) is 3.85. The van der Waals surface area contributed by atoms with Gasteiger partial charge < -0.3 is 18.9 Å². The van der Waals surface area contributed by atoms with Crippen molar-refractivity contribution in [3.8, 4) is 34.5 Å². The van der Waals surface area contributed by atoms with Crippen molar-refractivity contribution in [3.63, 3.8) is 0 Å². The number of ether oxygens (including phenoxy) is 4. The number of benzene rings is 4. The van der Waals surface area contributed by atoms with Crippen LogP contribution < -0.4 is 18.9 Å². The van der Waals surface area contributed by atoms with Crippen LogP contribution in [0.2, 0.25) is 0 Å². The van der Waals surface area contributed by atoms with E-state index in [2.05, 4.69) is 6.07 Å². The van der Waals surface area contributed by atoms with Gasteiger partial charge in [-0.2, -0.15) is 0 Å². The largest absolute Gasteiger partial charge is 0.482 e. The first-order valence-corrected chi connectivity index (χ1v) is 10.6. The molecular formula is C28H24O5. The summed E-state index contributed by atoms with van der Waals surface area (Å²) in [4.78, 5) is 12.1. The van der Waals surface area contributed by atoms with E-state index in [9.17, 15) is 4.79 Å². The maximum atomic E-state index is 12.1. The zero-order chi connectivity index (χ0) is 23.0. The Balaban J connectivity index is 1.25. The second-order valence-electron chi connectivity index (χ2n) is 7.55. The Hall–Kier alpha value is -4.25. The summed E-state index contributed by atoms with van der Waals surface area (Å²) in [5.74, 6) is 3.33. The highest BCUT2D eigenvalue weighted by Crippen LogP contribution is 2.26. The number of rotatable bonds is 8. The first-order valence-electron chi connectivity index (χ1n) is 10.6. The minimum atomic E-state index is -0.498. The van der Waals surface area contributed by atoms with Gasteiger partial charge in [0.2, 0.25) is 0 Å². The highest BCUT2D eigenvalue weighted by Gasteiger charge is 2.08. The molecule has 0 N–H and O–H groups in total. The molecule has 0 aliphatic heterocycles. The van der Waals surface area contributed by atoms with Gasteiger partial charge in [-0.05, 0) is 97.8 Å². The molecule has 0 unspecified atom stereocenters. The van der Waals surface area contributed by atoms with Crippen LogP contribution in [0, 0.1) is 13.8 Å². The molecule has 4 rings (SSSR count). The van der Waals surface area contributed by atoms with Crippen molar-refractivity contribution in [3.05, 3.63) is 108 Å². The second-order valence-corrected chi connectivity index (χ2v) is 7.55. The summed E-state index contributed by atoms with van der Waals surface area (Å²) >= 11 is 0. The number of hydrogen-bond acceptors (Lipinski definition) is 5. The molecule has 0 fully saturated rings. The third-order valence-corrected chi connectivity index (χ3v) is 4.65. The molecule has 4 aromatic carbocycles. The average molecular weight is 440 g/mol. The molecule has 0 spiro atoms. The average Bonchev–Trinajstić information content (AvgIpc) is 2.80. The van der Waals surface area contributed by atoms with Crippen molar-refractivity contribution in [2.45, 2.75) is 13.8 Å². The molecule has 0 aliphatic rings. The van der Waals surface area contributed by atoms with Crippen LogP contribution >= 0.6 is 0 Å². The lowest BCUT2D eigenvalue weighted by atomic mass is 10.1. The smallest absolute Gasteiger partial charge is 0.349 e. The Morgan fingerprint density at radius 2 is 1.06 bits per heavy atom. The summed E-state index contributed by atoms with van der Waals surface area (Å²) in [7, 11) is 0. The molecule has 5 heteroatoms. The fourth-order valence-corrected chi connectivity index (χ4v) is 3.24. The summed E-state index contributed by atoms with van der Waals surface area (Å²) < 4.78 is 22.5. The van der Waals surface area contributed by atoms with Gasteiger partial charge in [-0.25, -0.2) is 4.79 Å². The molecule has 0 radical (unpaired) electrons. The van der Waals surface area contributed by atoms with Crippen LogP contribution in [0.25, 0.3) is 0 Å². The van der Waals surface area contributed by atoms with Crippen LogP contribution in [-0.4, -0.2) is 12.6 Å². The Labute approximate surface area is 193 Å². The van der Waals surface area contributed by atoms with Crippen LogP contribution in [-0.2, 0) is 4.79 Å². The maximum absolute atomic E-state index is 12.1. The third-order valence-electron chi connectivity index (χ3n) is 4.65. The van der Waals surface area contributed by atoms with E-state index in [4.69, 9.17) is 18.9 Å². The monoisotopic (exact) mass is 440 g/mol. The maximum Gasteiger partial charge on any atom is 0.349 e. The fraction of sp³-hybridized carbons (Fsp3) is 0.107. The molecular weight excluding hydrogens is 416 g/mol. The van der Waals surface area contributed by atoms with E-state index in [1.54, 1.807) is 48.5 Å². The van der Waals surface area contributed by atoms with E-state index in [1.807, 2.05) is 56.3 Å². The minimum absolute atomic E-state index is 0.209. The van der Waals surface area contributed by atoms with Crippen molar-refractivity contribution >= 4 is 5.97 Å². The van der Waals surface area contributed by atoms with Crippen LogP contribution in [0.1, 0.15) is 11.1 Å². The standard InChI is InChI=1S/C28H24O5/c1-20-16-21(2)18-27(17-20)32-25-10-8-22(9-11-25)30-19-28(29)33-26-14-12-24(13-15-26)31-23-6-4-3-5-7-23/h3-18H,19H2,1-2H3. The van der Waals surface area contributed by atoms with Gasteiger partial charge in [0.05, 0.1) is 0 Å². The van der Waals surface area contributed by atoms with Gasteiger partial charge in [-0.1, -0.05) is 24.3 Å². The van der Waals surface area contributed by atoms with Crippen molar-refractivity contribution in [1.82, 2.24) is 0 Å². The molecule has 0 bridgehead atoms. The van der Waals surface area contributed by atoms with E-state index in [1.165, 1.54) is 0 Å². The SMILES string of the molecule is Cc1cc(C)cc(Oc2ccc(OCC(=O)Oc3ccc(Oc4ccccc4)cc3)cc2)c1. The summed E-state index contributed by atoms with van der Waals surface area (Å²) in [5.41, 5.74) is 2.28. The Bertz CT molecular complexity index is 1180. The molecule has 0 heterocycles. The number of hydrogen-bond donors (Lipinski definition) is 0. The van der Waals surface area contributed by atoms with Crippen LogP contribution in [0.4, 0.5) is 0 Å². The zero-order valence-electron chi connectivity index (χ0n) is 18.5. The van der Waals surface area contributed by atoms with Crippen molar-refractivity contribution < 1.29 is 23.7 Å². The second kappa shape index (κ2) is 10.4. The summed E-state index contributed by atoms with van der Waals surface area (Å²) in [6.07, 6.45) is 0. The number of esters is 1. The number of carbonyl (C=O) groups is 1. The Morgan fingerprint density at radius 3 is 1.67 bits per heavy atom. The van der Waals surface area contributed by atoms with Crippen molar-refractivity contribution in [2.24, 2.45) is 0 Å². The topological polar surface area (TPSA) is 54.0 Å². The molecule has 0 aliphatic carbocycles. The Kier molecular flexibility index (Phi) is 6.90. The van der Waals surface area contributed by atoms with E-state index in [0.29, 0.717) is 23.0 Å². The summed E-state index contributed by atoms with van der Waals surface area (Å²) in [5, 5.41) is 0. The molecule has 0 amide bonds. The first kappa shape index (κ1) is 22.0. The molecule has 0 atom stereocenters. The normalized spacial score (nSPS) is 10.4. The van der Waals surface area contributed by atoms with Gasteiger partial charge in [0, 0.05) is 0 Å². The molecule has 0 saturated heterocycles. The quantitative estimate of drug-likeness (QED) is 0.221. The van der Waals surface area contributed by atoms with Crippen LogP contribution in [0.15, 0.2) is 97.1 Å². The molecule has 0 aromatic heterocycles. The van der Waals surface area contributed by atoms with Crippen molar-refractivity contribution in [1.29, 1.82) is 0 Å². The predicted octanol–water partition coefficient (Wildman–Crippen LogP) is 6.87. The van der Waals surface area contributed by atoms with Gasteiger partial charge in [0.25, 0.3) is 0 Å². The van der Waals surface area contributed by atoms with Gasteiger partial charge in [-0.15, -0.1) is 0 Å². The number of para-hydroxylation sites is 1. The van der Waals surface area contributed by atoms with E-state index >= 15 is 0 Å². The molecule has 5 nitrogen and oxygen atoms in total. The highest BCUT2D eigenvalue weighted by molar-refractivity contribution is 5.74. The van der Waals surface area contributed by atoms with E-state index < -0.39 is 5.97 Å². The van der Waals surface area contributed by atoms with Gasteiger partial charge in [-0.3, -0.25) is 0 Å². The lowest BCUT2D eigenvalue weighted by Crippen LogP contribution is -2.17. The van der Waals surface area contributed by atoms with Crippen LogP contribution in [0.5, 0.6) is 34.5 Å².